The van der Waals surface area contributed by atoms with E-state index in [1.165, 1.54) is 19.2 Å². The van der Waals surface area contributed by atoms with Crippen molar-refractivity contribution in [3.05, 3.63) is 53.3 Å². The molecule has 1 aromatic heterocycles. The maximum absolute atomic E-state index is 12.5. The molecule has 1 aliphatic heterocycles. The summed E-state index contributed by atoms with van der Waals surface area (Å²) in [6.07, 6.45) is 3.36. The molecule has 0 spiro atoms. The third kappa shape index (κ3) is 3.22. The molecule has 0 saturated carbocycles. The van der Waals surface area contributed by atoms with E-state index in [0.717, 1.165) is 24.1 Å². The van der Waals surface area contributed by atoms with Crippen LogP contribution >= 0.6 is 0 Å². The van der Waals surface area contributed by atoms with Crippen LogP contribution < -0.4 is 10.2 Å². The first-order valence-corrected chi connectivity index (χ1v) is 7.92. The zero-order chi connectivity index (χ0) is 17.1. The molecule has 3 rings (SSSR count). The highest BCUT2D eigenvalue weighted by molar-refractivity contribution is 6.02. The highest BCUT2D eigenvalue weighted by atomic mass is 16.2. The molecule has 0 atom stereocenters. The van der Waals surface area contributed by atoms with Crippen molar-refractivity contribution >= 4 is 23.3 Å². The van der Waals surface area contributed by atoms with E-state index < -0.39 is 5.91 Å². The SMILES string of the molecule is CC(=O)c1c[nH]c(C(=O)NCC(=O)N2CCCc3ccccc32)c1. The number of amides is 2. The minimum absolute atomic E-state index is 0.0818. The number of nitrogens with one attached hydrogen (secondary N) is 2. The number of carbonyl (C=O) groups is 3. The Bertz CT molecular complexity index is 794. The summed E-state index contributed by atoms with van der Waals surface area (Å²) in [6, 6.07) is 9.31. The summed E-state index contributed by atoms with van der Waals surface area (Å²) >= 11 is 0. The molecule has 0 aliphatic carbocycles. The second-order valence-electron chi connectivity index (χ2n) is 5.82. The summed E-state index contributed by atoms with van der Waals surface area (Å²) in [5.41, 5.74) is 2.78. The first kappa shape index (κ1) is 16.0. The van der Waals surface area contributed by atoms with E-state index in [9.17, 15) is 14.4 Å². The van der Waals surface area contributed by atoms with Gasteiger partial charge in [-0.05, 0) is 37.5 Å². The lowest BCUT2D eigenvalue weighted by Crippen LogP contribution is -2.42. The Morgan fingerprint density at radius 1 is 1.25 bits per heavy atom. The molecule has 1 aliphatic rings. The van der Waals surface area contributed by atoms with Crippen molar-refractivity contribution in [3.63, 3.8) is 0 Å². The second kappa shape index (κ2) is 6.70. The summed E-state index contributed by atoms with van der Waals surface area (Å²) in [4.78, 5) is 40.3. The molecule has 2 aromatic rings. The van der Waals surface area contributed by atoms with Crippen molar-refractivity contribution in [1.82, 2.24) is 10.3 Å². The van der Waals surface area contributed by atoms with Crippen molar-refractivity contribution in [2.75, 3.05) is 18.0 Å². The molecule has 24 heavy (non-hydrogen) atoms. The number of carbonyl (C=O) groups excluding carboxylic acids is 3. The van der Waals surface area contributed by atoms with Gasteiger partial charge in [0.05, 0.1) is 6.54 Å². The van der Waals surface area contributed by atoms with Gasteiger partial charge >= 0.3 is 0 Å². The van der Waals surface area contributed by atoms with Gasteiger partial charge in [0.2, 0.25) is 5.91 Å². The number of aromatic amines is 1. The molecule has 0 unspecified atom stereocenters. The van der Waals surface area contributed by atoms with Crippen molar-refractivity contribution in [3.8, 4) is 0 Å². The van der Waals surface area contributed by atoms with Crippen LogP contribution in [-0.4, -0.2) is 35.7 Å². The monoisotopic (exact) mass is 325 g/mol. The summed E-state index contributed by atoms with van der Waals surface area (Å²) < 4.78 is 0. The number of rotatable bonds is 4. The van der Waals surface area contributed by atoms with Crippen molar-refractivity contribution in [2.24, 2.45) is 0 Å². The smallest absolute Gasteiger partial charge is 0.268 e. The molecule has 2 N–H and O–H groups in total. The standard InChI is InChI=1S/C18H19N3O3/c1-12(22)14-9-15(19-10-14)18(24)20-11-17(23)21-8-4-6-13-5-2-3-7-16(13)21/h2-3,5,7,9-10,19H,4,6,8,11H2,1H3,(H,20,24). The van der Waals surface area contributed by atoms with Gasteiger partial charge in [0.15, 0.2) is 5.78 Å². The van der Waals surface area contributed by atoms with Gasteiger partial charge in [-0.2, -0.15) is 0 Å². The van der Waals surface area contributed by atoms with Crippen LogP contribution in [0.25, 0.3) is 0 Å². The minimum atomic E-state index is -0.402. The largest absolute Gasteiger partial charge is 0.356 e. The molecule has 2 heterocycles. The van der Waals surface area contributed by atoms with Gasteiger partial charge in [-0.25, -0.2) is 0 Å². The number of benzene rings is 1. The Morgan fingerprint density at radius 2 is 2.04 bits per heavy atom. The third-order valence-electron chi connectivity index (χ3n) is 4.15. The fraction of sp³-hybridized carbons (Fsp3) is 0.278. The second-order valence-corrected chi connectivity index (χ2v) is 5.82. The van der Waals surface area contributed by atoms with E-state index in [-0.39, 0.29) is 23.9 Å². The molecule has 0 radical (unpaired) electrons. The number of Topliss-reactive ketones (excluding diaryl/α,β-unsaturated/α-hetero) is 1. The predicted molar refractivity (Wildman–Crippen MR) is 90.2 cm³/mol. The number of hydrogen-bond acceptors (Lipinski definition) is 3. The third-order valence-corrected chi connectivity index (χ3v) is 4.15. The molecule has 0 bridgehead atoms. The minimum Gasteiger partial charge on any atom is -0.356 e. The van der Waals surface area contributed by atoms with E-state index in [1.54, 1.807) is 4.90 Å². The first-order chi connectivity index (χ1) is 11.6. The Hall–Kier alpha value is -2.89. The zero-order valence-corrected chi connectivity index (χ0v) is 13.5. The van der Waals surface area contributed by atoms with Crippen LogP contribution in [0.2, 0.25) is 0 Å². The topological polar surface area (TPSA) is 82.3 Å². The summed E-state index contributed by atoms with van der Waals surface area (Å²) in [5, 5.41) is 2.61. The Kier molecular flexibility index (Phi) is 4.46. The summed E-state index contributed by atoms with van der Waals surface area (Å²) in [7, 11) is 0. The van der Waals surface area contributed by atoms with Gasteiger partial charge in [0.25, 0.3) is 5.91 Å². The molecule has 124 valence electrons. The van der Waals surface area contributed by atoms with Gasteiger partial charge in [-0.1, -0.05) is 18.2 Å². The molecule has 0 fully saturated rings. The first-order valence-electron chi connectivity index (χ1n) is 7.92. The number of H-pyrrole nitrogens is 1. The van der Waals surface area contributed by atoms with Crippen molar-refractivity contribution < 1.29 is 14.4 Å². The zero-order valence-electron chi connectivity index (χ0n) is 13.5. The average Bonchev–Trinajstić information content (AvgIpc) is 3.09. The number of nitrogens with zero attached hydrogens (tertiary/aromatic N) is 1. The lowest BCUT2D eigenvalue weighted by atomic mass is 10.0. The number of hydrogen-bond donors (Lipinski definition) is 2. The van der Waals surface area contributed by atoms with Gasteiger partial charge in [-0.15, -0.1) is 0 Å². The van der Waals surface area contributed by atoms with Crippen LogP contribution in [0.15, 0.2) is 36.5 Å². The van der Waals surface area contributed by atoms with Crippen molar-refractivity contribution in [1.29, 1.82) is 0 Å². The molecule has 6 heteroatoms. The Balaban J connectivity index is 1.63. The molecule has 1 aromatic carbocycles. The Morgan fingerprint density at radius 3 is 2.79 bits per heavy atom. The van der Waals surface area contributed by atoms with Gasteiger partial charge in [0, 0.05) is 24.0 Å². The number of aryl methyl sites for hydroxylation is 1. The van der Waals surface area contributed by atoms with Gasteiger partial charge in [0.1, 0.15) is 5.69 Å². The van der Waals surface area contributed by atoms with E-state index in [2.05, 4.69) is 10.3 Å². The van der Waals surface area contributed by atoms with Crippen LogP contribution in [0.5, 0.6) is 0 Å². The number of ketones is 1. The lowest BCUT2D eigenvalue weighted by Gasteiger charge is -2.29. The van der Waals surface area contributed by atoms with Crippen LogP contribution in [-0.2, 0) is 11.2 Å². The molecule has 6 nitrogen and oxygen atoms in total. The quantitative estimate of drug-likeness (QED) is 0.843. The maximum atomic E-state index is 12.5. The van der Waals surface area contributed by atoms with Gasteiger partial charge in [-0.3, -0.25) is 14.4 Å². The van der Waals surface area contributed by atoms with Crippen LogP contribution in [0, 0.1) is 0 Å². The molecule has 0 saturated heterocycles. The number of para-hydroxylation sites is 1. The molecular weight excluding hydrogens is 306 g/mol. The van der Waals surface area contributed by atoms with E-state index in [4.69, 9.17) is 0 Å². The van der Waals surface area contributed by atoms with E-state index >= 15 is 0 Å². The summed E-state index contributed by atoms with van der Waals surface area (Å²) in [6.45, 7) is 2.01. The summed E-state index contributed by atoms with van der Waals surface area (Å²) in [5.74, 6) is -0.665. The fourth-order valence-corrected chi connectivity index (χ4v) is 2.87. The number of anilines is 1. The van der Waals surface area contributed by atoms with Crippen LogP contribution in [0.3, 0.4) is 0 Å². The average molecular weight is 325 g/mol. The van der Waals surface area contributed by atoms with E-state index in [0.29, 0.717) is 12.1 Å². The van der Waals surface area contributed by atoms with Crippen LogP contribution in [0.1, 0.15) is 39.8 Å². The highest BCUT2D eigenvalue weighted by Crippen LogP contribution is 2.26. The number of aromatic nitrogens is 1. The molecular formula is C18H19N3O3. The lowest BCUT2D eigenvalue weighted by molar-refractivity contribution is -0.117. The highest BCUT2D eigenvalue weighted by Gasteiger charge is 2.22. The predicted octanol–water partition coefficient (Wildman–Crippen LogP) is 1.93. The fourth-order valence-electron chi connectivity index (χ4n) is 2.87. The van der Waals surface area contributed by atoms with Gasteiger partial charge < -0.3 is 15.2 Å². The molecule has 2 amide bonds. The van der Waals surface area contributed by atoms with Crippen molar-refractivity contribution in [2.45, 2.75) is 19.8 Å². The van der Waals surface area contributed by atoms with Crippen LogP contribution in [0.4, 0.5) is 5.69 Å². The Labute approximate surface area is 139 Å². The maximum Gasteiger partial charge on any atom is 0.268 e. The normalized spacial score (nSPS) is 13.3. The van der Waals surface area contributed by atoms with E-state index in [1.807, 2.05) is 24.3 Å². The number of fused-ring (bicyclic) bond motifs is 1.